The van der Waals surface area contributed by atoms with Crippen molar-refractivity contribution in [3.8, 4) is 5.75 Å². The number of anilines is 1. The summed E-state index contributed by atoms with van der Waals surface area (Å²) in [6.45, 7) is 0.428. The Kier molecular flexibility index (Phi) is 4.46. The van der Waals surface area contributed by atoms with Crippen molar-refractivity contribution in [3.05, 3.63) is 11.5 Å². The predicted molar refractivity (Wildman–Crippen MR) is 70.9 cm³/mol. The number of methoxy groups -OCH3 is 1. The molecule has 20 heavy (non-hydrogen) atoms. The summed E-state index contributed by atoms with van der Waals surface area (Å²) in [5.74, 6) is 0.286. The number of nitrogens with two attached hydrogens (primary N) is 1. The predicted octanol–water partition coefficient (Wildman–Crippen LogP) is 0.858. The van der Waals surface area contributed by atoms with Crippen LogP contribution in [0.1, 0.15) is 6.42 Å². The van der Waals surface area contributed by atoms with E-state index in [0.717, 1.165) is 0 Å². The molecule has 110 valence electrons. The van der Waals surface area contributed by atoms with E-state index in [1.807, 2.05) is 0 Å². The lowest BCUT2D eigenvalue weighted by molar-refractivity contribution is 0.101. The van der Waals surface area contributed by atoms with Gasteiger partial charge < -0.3 is 20.3 Å². The highest BCUT2D eigenvalue weighted by Gasteiger charge is 2.36. The molecule has 0 aromatic carbocycles. The normalized spacial score (nSPS) is 22.0. The van der Waals surface area contributed by atoms with Crippen molar-refractivity contribution < 1.29 is 19.4 Å². The lowest BCUT2D eigenvalue weighted by atomic mass is 10.2. The van der Waals surface area contributed by atoms with Gasteiger partial charge in [-0.2, -0.15) is 0 Å². The molecule has 3 N–H and O–H groups in total. The summed E-state index contributed by atoms with van der Waals surface area (Å²) >= 11 is 5.86. The fraction of sp³-hybridized carbons (Fsp3) is 0.545. The smallest absolute Gasteiger partial charge is 0.407 e. The van der Waals surface area contributed by atoms with Crippen LogP contribution in [0.2, 0.25) is 5.15 Å². The highest BCUT2D eigenvalue weighted by atomic mass is 35.5. The zero-order valence-corrected chi connectivity index (χ0v) is 11.6. The van der Waals surface area contributed by atoms with Gasteiger partial charge in [0.05, 0.1) is 18.7 Å². The number of hydrogen-bond donors (Lipinski definition) is 2. The van der Waals surface area contributed by atoms with E-state index in [1.54, 1.807) is 7.11 Å². The van der Waals surface area contributed by atoms with Crippen LogP contribution in [0.5, 0.6) is 5.75 Å². The van der Waals surface area contributed by atoms with Gasteiger partial charge >= 0.3 is 6.09 Å². The first-order chi connectivity index (χ1) is 9.52. The molecule has 9 heteroatoms. The molecule has 1 saturated heterocycles. The molecule has 2 rings (SSSR count). The molecule has 8 nitrogen and oxygen atoms in total. The number of carboxylic acid groups (broad SMARTS) is 1. The quantitative estimate of drug-likeness (QED) is 0.793. The van der Waals surface area contributed by atoms with E-state index in [-0.39, 0.29) is 35.5 Å². The number of rotatable bonds is 4. The van der Waals surface area contributed by atoms with E-state index in [4.69, 9.17) is 31.9 Å². The standard InChI is InChI=1S/C11H15ClN4O4/c1-19-7-2-6(16(3-7)11(17)18)4-20-8-9(12)14-5-15-10(8)13/h5-7H,2-4H2,1H3,(H,17,18)(H2,13,14,15). The third-order valence-electron chi connectivity index (χ3n) is 3.16. The van der Waals surface area contributed by atoms with Crippen LogP contribution in [0.15, 0.2) is 6.33 Å². The number of likely N-dealkylation sites (tertiary alicyclic amines) is 1. The second kappa shape index (κ2) is 6.10. The van der Waals surface area contributed by atoms with Crippen molar-refractivity contribution in [3.63, 3.8) is 0 Å². The average molecular weight is 303 g/mol. The number of halogens is 1. The maximum absolute atomic E-state index is 11.2. The highest BCUT2D eigenvalue weighted by Crippen LogP contribution is 2.28. The SMILES string of the molecule is COC1CC(COc2c(N)ncnc2Cl)N(C(=O)O)C1. The van der Waals surface area contributed by atoms with Gasteiger partial charge in [-0.15, -0.1) is 0 Å². The van der Waals surface area contributed by atoms with Crippen molar-refractivity contribution in [2.24, 2.45) is 0 Å². The molecule has 1 aliphatic rings. The summed E-state index contributed by atoms with van der Waals surface area (Å²) in [6, 6.07) is -0.326. The lowest BCUT2D eigenvalue weighted by Crippen LogP contribution is -2.38. The van der Waals surface area contributed by atoms with E-state index in [1.165, 1.54) is 11.2 Å². The minimum absolute atomic E-state index is 0.0978. The molecule has 0 bridgehead atoms. The van der Waals surface area contributed by atoms with Crippen LogP contribution in [0.25, 0.3) is 0 Å². The topological polar surface area (TPSA) is 111 Å². The average Bonchev–Trinajstić information content (AvgIpc) is 2.82. The van der Waals surface area contributed by atoms with Crippen molar-refractivity contribution in [2.75, 3.05) is 26.0 Å². The summed E-state index contributed by atoms with van der Waals surface area (Å²) < 4.78 is 10.7. The van der Waals surface area contributed by atoms with Gasteiger partial charge in [-0.1, -0.05) is 11.6 Å². The second-order valence-electron chi connectivity index (χ2n) is 4.37. The third kappa shape index (κ3) is 3.02. The van der Waals surface area contributed by atoms with E-state index in [9.17, 15) is 4.79 Å². The highest BCUT2D eigenvalue weighted by molar-refractivity contribution is 6.31. The number of hydrogen-bond acceptors (Lipinski definition) is 6. The van der Waals surface area contributed by atoms with Crippen LogP contribution in [-0.2, 0) is 4.74 Å². The largest absolute Gasteiger partial charge is 0.485 e. The molecule has 2 heterocycles. The summed E-state index contributed by atoms with van der Waals surface area (Å²) in [4.78, 5) is 20.0. The van der Waals surface area contributed by atoms with Crippen LogP contribution < -0.4 is 10.5 Å². The Hall–Kier alpha value is -1.80. The fourth-order valence-electron chi connectivity index (χ4n) is 2.11. The van der Waals surface area contributed by atoms with Crippen molar-refractivity contribution in [1.29, 1.82) is 0 Å². The molecule has 1 aromatic heterocycles. The van der Waals surface area contributed by atoms with Crippen LogP contribution in [0.4, 0.5) is 10.6 Å². The number of nitrogens with zero attached hydrogens (tertiary/aromatic N) is 3. The van der Waals surface area contributed by atoms with E-state index < -0.39 is 6.09 Å². The first-order valence-corrected chi connectivity index (χ1v) is 6.31. The Morgan fingerprint density at radius 3 is 3.00 bits per heavy atom. The number of nitrogen functional groups attached to an aromatic ring is 1. The minimum Gasteiger partial charge on any atom is -0.485 e. The van der Waals surface area contributed by atoms with Gasteiger partial charge in [-0.05, 0) is 6.42 Å². The van der Waals surface area contributed by atoms with E-state index in [2.05, 4.69) is 9.97 Å². The molecular weight excluding hydrogens is 288 g/mol. The van der Waals surface area contributed by atoms with Crippen molar-refractivity contribution in [1.82, 2.24) is 14.9 Å². The zero-order chi connectivity index (χ0) is 14.7. The molecule has 1 aromatic rings. The van der Waals surface area contributed by atoms with Crippen molar-refractivity contribution >= 4 is 23.5 Å². The van der Waals surface area contributed by atoms with E-state index in [0.29, 0.717) is 13.0 Å². The summed E-state index contributed by atoms with van der Waals surface area (Å²) in [5.41, 5.74) is 5.64. The van der Waals surface area contributed by atoms with Crippen molar-refractivity contribution in [2.45, 2.75) is 18.6 Å². The van der Waals surface area contributed by atoms with Crippen LogP contribution in [0.3, 0.4) is 0 Å². The molecular formula is C11H15ClN4O4. The van der Waals surface area contributed by atoms with Gasteiger partial charge in [0.1, 0.15) is 12.9 Å². The molecule has 2 atom stereocenters. The number of aromatic nitrogens is 2. The van der Waals surface area contributed by atoms with Gasteiger partial charge in [-0.3, -0.25) is 4.90 Å². The van der Waals surface area contributed by atoms with Gasteiger partial charge in [0.15, 0.2) is 16.7 Å². The summed E-state index contributed by atoms with van der Waals surface area (Å²) in [5, 5.41) is 9.24. The maximum Gasteiger partial charge on any atom is 0.407 e. The Bertz CT molecular complexity index is 481. The third-order valence-corrected chi connectivity index (χ3v) is 3.43. The first-order valence-electron chi connectivity index (χ1n) is 5.94. The van der Waals surface area contributed by atoms with Gasteiger partial charge in [0.2, 0.25) is 0 Å². The Morgan fingerprint density at radius 2 is 2.40 bits per heavy atom. The molecule has 0 radical (unpaired) electrons. The summed E-state index contributed by atoms with van der Waals surface area (Å²) in [6.07, 6.45) is 0.625. The molecule has 1 amide bonds. The molecule has 0 saturated carbocycles. The maximum atomic E-state index is 11.2. The molecule has 2 unspecified atom stereocenters. The lowest BCUT2D eigenvalue weighted by Gasteiger charge is -2.21. The molecule has 1 fully saturated rings. The Morgan fingerprint density at radius 1 is 1.65 bits per heavy atom. The molecule has 0 aliphatic carbocycles. The van der Waals surface area contributed by atoms with E-state index >= 15 is 0 Å². The number of ether oxygens (including phenoxy) is 2. The summed E-state index contributed by atoms with van der Waals surface area (Å²) in [7, 11) is 1.55. The second-order valence-corrected chi connectivity index (χ2v) is 4.73. The Balaban J connectivity index is 2.04. The first kappa shape index (κ1) is 14.6. The minimum atomic E-state index is -1.01. The fourth-order valence-corrected chi connectivity index (χ4v) is 2.31. The molecule has 0 spiro atoms. The zero-order valence-electron chi connectivity index (χ0n) is 10.8. The number of amides is 1. The monoisotopic (exact) mass is 302 g/mol. The van der Waals surface area contributed by atoms with Gasteiger partial charge in [0.25, 0.3) is 0 Å². The van der Waals surface area contributed by atoms with Crippen LogP contribution in [0, 0.1) is 0 Å². The number of carbonyl (C=O) groups is 1. The molecule has 1 aliphatic heterocycles. The Labute approximate surface area is 120 Å². The van der Waals surface area contributed by atoms with Gasteiger partial charge in [0, 0.05) is 7.11 Å². The van der Waals surface area contributed by atoms with Crippen LogP contribution in [-0.4, -0.2) is 58.5 Å². The van der Waals surface area contributed by atoms with Gasteiger partial charge in [-0.25, -0.2) is 14.8 Å². The van der Waals surface area contributed by atoms with Crippen LogP contribution >= 0.6 is 11.6 Å².